The van der Waals surface area contributed by atoms with Gasteiger partial charge in [0.2, 0.25) is 10.0 Å². The number of aryl methyl sites for hydroxylation is 1. The summed E-state index contributed by atoms with van der Waals surface area (Å²) in [4.78, 5) is 12.5. The molecule has 1 fully saturated rings. The van der Waals surface area contributed by atoms with E-state index < -0.39 is 10.0 Å². The van der Waals surface area contributed by atoms with E-state index in [1.54, 1.807) is 18.2 Å². The minimum absolute atomic E-state index is 0.0489. The van der Waals surface area contributed by atoms with E-state index in [-0.39, 0.29) is 11.9 Å². The summed E-state index contributed by atoms with van der Waals surface area (Å²) in [6.07, 6.45) is 2.08. The standard InChI is InChI=1S/C15H23N3O3S/c1-10-4-5-13(18-22(3,20)21)12(8-10)15(19)17-14-9-16-7-6-11(14)2/h4-5,8,11,14,16,18H,6-7,9H2,1-3H3,(H,17,19). The Hall–Kier alpha value is -1.60. The summed E-state index contributed by atoms with van der Waals surface area (Å²) in [6.45, 7) is 5.66. The first-order chi connectivity index (χ1) is 10.3. The highest BCUT2D eigenvalue weighted by Crippen LogP contribution is 2.20. The van der Waals surface area contributed by atoms with Crippen LogP contribution >= 0.6 is 0 Å². The molecule has 2 atom stereocenters. The Morgan fingerprint density at radius 2 is 2.09 bits per heavy atom. The molecule has 2 rings (SSSR count). The van der Waals surface area contributed by atoms with Crippen molar-refractivity contribution >= 4 is 21.6 Å². The Kier molecular flexibility index (Phi) is 5.08. The third-order valence-corrected chi connectivity index (χ3v) is 4.45. The zero-order chi connectivity index (χ0) is 16.3. The largest absolute Gasteiger partial charge is 0.348 e. The normalized spacial score (nSPS) is 22.1. The smallest absolute Gasteiger partial charge is 0.253 e. The van der Waals surface area contributed by atoms with Crippen molar-refractivity contribution in [3.63, 3.8) is 0 Å². The molecule has 1 aliphatic heterocycles. The van der Waals surface area contributed by atoms with Gasteiger partial charge in [-0.25, -0.2) is 8.42 Å². The molecular weight excluding hydrogens is 302 g/mol. The average molecular weight is 325 g/mol. The van der Waals surface area contributed by atoms with Crippen LogP contribution in [0.3, 0.4) is 0 Å². The topological polar surface area (TPSA) is 87.3 Å². The molecule has 1 aromatic rings. The summed E-state index contributed by atoms with van der Waals surface area (Å²) in [5, 5.41) is 6.26. The lowest BCUT2D eigenvalue weighted by Crippen LogP contribution is -2.50. The minimum atomic E-state index is -3.43. The number of amides is 1. The molecule has 122 valence electrons. The molecular formula is C15H23N3O3S. The fraction of sp³-hybridized carbons (Fsp3) is 0.533. The molecule has 1 aromatic carbocycles. The van der Waals surface area contributed by atoms with Crippen molar-refractivity contribution in [2.24, 2.45) is 5.92 Å². The van der Waals surface area contributed by atoms with Crippen molar-refractivity contribution in [1.29, 1.82) is 0 Å². The molecule has 22 heavy (non-hydrogen) atoms. The summed E-state index contributed by atoms with van der Waals surface area (Å²) in [7, 11) is -3.43. The molecule has 6 nitrogen and oxygen atoms in total. The van der Waals surface area contributed by atoms with Crippen LogP contribution in [0, 0.1) is 12.8 Å². The SMILES string of the molecule is Cc1ccc(NS(C)(=O)=O)c(C(=O)NC2CNCCC2C)c1. The van der Waals surface area contributed by atoms with Crippen molar-refractivity contribution in [3.8, 4) is 0 Å². The van der Waals surface area contributed by atoms with Gasteiger partial charge in [0.25, 0.3) is 5.91 Å². The van der Waals surface area contributed by atoms with E-state index in [9.17, 15) is 13.2 Å². The van der Waals surface area contributed by atoms with Gasteiger partial charge in [0, 0.05) is 12.6 Å². The van der Waals surface area contributed by atoms with Gasteiger partial charge in [-0.3, -0.25) is 9.52 Å². The maximum absolute atomic E-state index is 12.5. The van der Waals surface area contributed by atoms with Crippen molar-refractivity contribution in [2.75, 3.05) is 24.1 Å². The molecule has 0 aromatic heterocycles. The first kappa shape index (κ1) is 16.8. The van der Waals surface area contributed by atoms with Crippen LogP contribution in [0.5, 0.6) is 0 Å². The lowest BCUT2D eigenvalue weighted by atomic mass is 9.94. The summed E-state index contributed by atoms with van der Waals surface area (Å²) in [5.41, 5.74) is 1.56. The van der Waals surface area contributed by atoms with Crippen LogP contribution in [0.1, 0.15) is 29.3 Å². The molecule has 1 heterocycles. The highest BCUT2D eigenvalue weighted by molar-refractivity contribution is 7.92. The predicted molar refractivity (Wildman–Crippen MR) is 87.6 cm³/mol. The van der Waals surface area contributed by atoms with Gasteiger partial charge in [-0.1, -0.05) is 18.6 Å². The second-order valence-corrected chi connectivity index (χ2v) is 7.72. The van der Waals surface area contributed by atoms with Crippen molar-refractivity contribution < 1.29 is 13.2 Å². The zero-order valence-corrected chi connectivity index (χ0v) is 14.0. The molecule has 0 bridgehead atoms. The fourth-order valence-electron chi connectivity index (χ4n) is 2.56. The molecule has 7 heteroatoms. The predicted octanol–water partition coefficient (Wildman–Crippen LogP) is 1.09. The average Bonchev–Trinajstić information content (AvgIpc) is 2.42. The van der Waals surface area contributed by atoms with Crippen LogP contribution in [0.4, 0.5) is 5.69 Å². The zero-order valence-electron chi connectivity index (χ0n) is 13.1. The van der Waals surface area contributed by atoms with Gasteiger partial charge in [-0.15, -0.1) is 0 Å². The lowest BCUT2D eigenvalue weighted by molar-refractivity contribution is 0.0916. The van der Waals surface area contributed by atoms with Gasteiger partial charge in [0.05, 0.1) is 17.5 Å². The molecule has 3 N–H and O–H groups in total. The second kappa shape index (κ2) is 6.66. The van der Waals surface area contributed by atoms with Crippen LogP contribution in [-0.4, -0.2) is 39.7 Å². The fourth-order valence-corrected chi connectivity index (χ4v) is 3.14. The van der Waals surface area contributed by atoms with Crippen LogP contribution in [0.25, 0.3) is 0 Å². The highest BCUT2D eigenvalue weighted by atomic mass is 32.2. The molecule has 0 spiro atoms. The Labute approximate surface area is 131 Å². The Bertz CT molecular complexity index is 658. The first-order valence-corrected chi connectivity index (χ1v) is 9.25. The number of piperidine rings is 1. The van der Waals surface area contributed by atoms with Gasteiger partial charge in [-0.2, -0.15) is 0 Å². The molecule has 0 radical (unpaired) electrons. The van der Waals surface area contributed by atoms with E-state index >= 15 is 0 Å². The third kappa shape index (κ3) is 4.45. The molecule has 0 saturated carbocycles. The molecule has 1 saturated heterocycles. The van der Waals surface area contributed by atoms with Crippen LogP contribution in [-0.2, 0) is 10.0 Å². The maximum Gasteiger partial charge on any atom is 0.253 e. The Morgan fingerprint density at radius 1 is 1.36 bits per heavy atom. The minimum Gasteiger partial charge on any atom is -0.348 e. The Balaban J connectivity index is 2.22. The second-order valence-electron chi connectivity index (χ2n) is 5.97. The summed E-state index contributed by atoms with van der Waals surface area (Å²) in [5.74, 6) is 0.136. The van der Waals surface area contributed by atoms with Crippen molar-refractivity contribution in [3.05, 3.63) is 29.3 Å². The van der Waals surface area contributed by atoms with Crippen molar-refractivity contribution in [1.82, 2.24) is 10.6 Å². The quantitative estimate of drug-likeness (QED) is 0.773. The van der Waals surface area contributed by atoms with E-state index in [4.69, 9.17) is 0 Å². The number of anilines is 1. The van der Waals surface area contributed by atoms with E-state index in [0.717, 1.165) is 31.3 Å². The summed E-state index contributed by atoms with van der Waals surface area (Å²) < 4.78 is 25.3. The van der Waals surface area contributed by atoms with Crippen LogP contribution < -0.4 is 15.4 Å². The number of rotatable bonds is 4. The number of carbonyl (C=O) groups excluding carboxylic acids is 1. The number of hydrogen-bond donors (Lipinski definition) is 3. The molecule has 1 aliphatic rings. The van der Waals surface area contributed by atoms with E-state index in [1.807, 2.05) is 6.92 Å². The van der Waals surface area contributed by atoms with Gasteiger partial charge in [0.15, 0.2) is 0 Å². The van der Waals surface area contributed by atoms with Gasteiger partial charge < -0.3 is 10.6 Å². The molecule has 0 aliphatic carbocycles. The first-order valence-electron chi connectivity index (χ1n) is 7.36. The van der Waals surface area contributed by atoms with Crippen molar-refractivity contribution in [2.45, 2.75) is 26.3 Å². The van der Waals surface area contributed by atoms with E-state index in [1.165, 1.54) is 0 Å². The number of benzene rings is 1. The summed E-state index contributed by atoms with van der Waals surface area (Å²) in [6, 6.07) is 5.14. The number of nitrogens with one attached hydrogen (secondary N) is 3. The van der Waals surface area contributed by atoms with Gasteiger partial charge in [-0.05, 0) is 37.9 Å². The molecule has 1 amide bonds. The van der Waals surface area contributed by atoms with E-state index in [0.29, 0.717) is 17.2 Å². The highest BCUT2D eigenvalue weighted by Gasteiger charge is 2.24. The van der Waals surface area contributed by atoms with Crippen LogP contribution in [0.15, 0.2) is 18.2 Å². The van der Waals surface area contributed by atoms with Gasteiger partial charge >= 0.3 is 0 Å². The molecule has 2 unspecified atom stereocenters. The lowest BCUT2D eigenvalue weighted by Gasteiger charge is -2.30. The number of hydrogen-bond acceptors (Lipinski definition) is 4. The number of sulfonamides is 1. The van der Waals surface area contributed by atoms with Crippen LogP contribution in [0.2, 0.25) is 0 Å². The number of carbonyl (C=O) groups is 1. The third-order valence-electron chi connectivity index (χ3n) is 3.86. The van der Waals surface area contributed by atoms with Gasteiger partial charge in [0.1, 0.15) is 0 Å². The maximum atomic E-state index is 12.5. The summed E-state index contributed by atoms with van der Waals surface area (Å²) >= 11 is 0. The monoisotopic (exact) mass is 325 g/mol. The van der Waals surface area contributed by atoms with E-state index in [2.05, 4.69) is 22.3 Å². The Morgan fingerprint density at radius 3 is 2.73 bits per heavy atom.